The van der Waals surface area contributed by atoms with Crippen molar-refractivity contribution in [1.82, 2.24) is 15.8 Å². The number of hydrogen-bond donors (Lipinski definition) is 3. The Morgan fingerprint density at radius 1 is 1.27 bits per heavy atom. The summed E-state index contributed by atoms with van der Waals surface area (Å²) in [7, 11) is 3.08. The highest BCUT2D eigenvalue weighted by Crippen LogP contribution is 2.32. The van der Waals surface area contributed by atoms with E-state index in [9.17, 15) is 4.79 Å². The van der Waals surface area contributed by atoms with E-state index in [0.717, 1.165) is 5.56 Å². The van der Waals surface area contributed by atoms with Gasteiger partial charge in [-0.3, -0.25) is 4.79 Å². The number of hydroxylamine groups is 1. The van der Waals surface area contributed by atoms with E-state index >= 15 is 0 Å². The summed E-state index contributed by atoms with van der Waals surface area (Å²) in [4.78, 5) is 25.3. The van der Waals surface area contributed by atoms with Gasteiger partial charge in [0.15, 0.2) is 24.4 Å². The average Bonchev–Trinajstić information content (AvgIpc) is 3.18. The van der Waals surface area contributed by atoms with Crippen LogP contribution >= 0.6 is 0 Å². The number of anilines is 1. The molecule has 0 unspecified atom stereocenters. The van der Waals surface area contributed by atoms with Gasteiger partial charge >= 0.3 is 0 Å². The molecule has 0 radical (unpaired) electrons. The number of hydrogen-bond acceptors (Lipinski definition) is 8. The molecule has 1 heterocycles. The number of benzene rings is 1. The molecule has 2 rings (SSSR count). The van der Waals surface area contributed by atoms with Crippen molar-refractivity contribution in [2.45, 2.75) is 19.4 Å². The predicted octanol–water partition coefficient (Wildman–Crippen LogP) is 1.66. The molecule has 1 aromatic carbocycles. The van der Waals surface area contributed by atoms with Gasteiger partial charge in [-0.15, -0.1) is 5.48 Å². The summed E-state index contributed by atoms with van der Waals surface area (Å²) in [5.74, 6) is 0.929. The van der Waals surface area contributed by atoms with Gasteiger partial charge in [-0.2, -0.15) is 0 Å². The Morgan fingerprint density at radius 3 is 2.69 bits per heavy atom. The average molecular weight is 360 g/mol. The molecule has 26 heavy (non-hydrogen) atoms. The van der Waals surface area contributed by atoms with E-state index in [0.29, 0.717) is 17.2 Å². The third-order valence-electron chi connectivity index (χ3n) is 3.31. The number of rotatable bonds is 7. The number of aromatic nitrogens is 1. The minimum Gasteiger partial charge on any atom is -0.496 e. The van der Waals surface area contributed by atoms with Gasteiger partial charge < -0.3 is 24.1 Å². The molecule has 0 aliphatic carbocycles. The first kappa shape index (κ1) is 19.0. The third-order valence-corrected chi connectivity index (χ3v) is 3.31. The van der Waals surface area contributed by atoms with E-state index in [2.05, 4.69) is 33.5 Å². The molecule has 0 aliphatic rings. The largest absolute Gasteiger partial charge is 0.496 e. The van der Waals surface area contributed by atoms with Crippen LogP contribution in [0.1, 0.15) is 13.8 Å². The summed E-state index contributed by atoms with van der Waals surface area (Å²) in [6, 6.07) is 5.27. The molecule has 138 valence electrons. The first-order valence-electron chi connectivity index (χ1n) is 7.62. The second kappa shape index (κ2) is 8.64. The maximum absolute atomic E-state index is 11.5. The van der Waals surface area contributed by atoms with Crippen molar-refractivity contribution in [2.24, 2.45) is 0 Å². The van der Waals surface area contributed by atoms with Crippen LogP contribution in [-0.2, 0) is 14.5 Å². The van der Waals surface area contributed by atoms with Gasteiger partial charge in [0.05, 0.1) is 24.6 Å². The molecule has 3 N–H and O–H groups in total. The number of oxazole rings is 1. The number of likely N-dealkylation sites (N-methyl/N-ethyl adjacent to an activating group) is 1. The summed E-state index contributed by atoms with van der Waals surface area (Å²) in [6.07, 6.45) is 7.51. The Bertz CT molecular complexity index is 793. The summed E-state index contributed by atoms with van der Waals surface area (Å²) >= 11 is 0. The van der Waals surface area contributed by atoms with Crippen LogP contribution in [0.25, 0.3) is 11.3 Å². The second-order valence-electron chi connectivity index (χ2n) is 5.60. The molecule has 0 aliphatic heterocycles. The standard InChI is InChI=1S/C17H20N4O5/c1-17(2,16(22)18-3)21-26-8-7-25-20-12-5-6-13(14(9-12)23-4)15-10-19-11-24-15/h5-6,9-11,20-21H,1-4H3,(H,18,22). The first-order valence-corrected chi connectivity index (χ1v) is 7.62. The lowest BCUT2D eigenvalue weighted by molar-refractivity contribution is -0.129. The highest BCUT2D eigenvalue weighted by atomic mass is 16.7. The molecule has 9 nitrogen and oxygen atoms in total. The molecule has 0 spiro atoms. The van der Waals surface area contributed by atoms with Crippen LogP contribution in [0.15, 0.2) is 35.2 Å². The summed E-state index contributed by atoms with van der Waals surface area (Å²) < 4.78 is 10.6. The van der Waals surface area contributed by atoms with Crippen molar-refractivity contribution in [2.75, 3.05) is 19.6 Å². The van der Waals surface area contributed by atoms with E-state index in [-0.39, 0.29) is 5.91 Å². The zero-order chi connectivity index (χ0) is 19.0. The van der Waals surface area contributed by atoms with Gasteiger partial charge in [-0.05, 0) is 26.0 Å². The molecule has 2 aromatic rings. The normalized spacial score (nSPS) is 10.3. The first-order chi connectivity index (χ1) is 12.5. The van der Waals surface area contributed by atoms with E-state index in [1.165, 1.54) is 13.4 Å². The van der Waals surface area contributed by atoms with Gasteiger partial charge in [0.2, 0.25) is 5.91 Å². The molecule has 0 bridgehead atoms. The highest BCUT2D eigenvalue weighted by Gasteiger charge is 2.26. The van der Waals surface area contributed by atoms with Crippen LogP contribution in [0.2, 0.25) is 0 Å². The zero-order valence-electron chi connectivity index (χ0n) is 14.9. The fourth-order valence-corrected chi connectivity index (χ4v) is 1.95. The van der Waals surface area contributed by atoms with Gasteiger partial charge in [0.1, 0.15) is 11.3 Å². The lowest BCUT2D eigenvalue weighted by Gasteiger charge is -2.21. The fourth-order valence-electron chi connectivity index (χ4n) is 1.95. The molecule has 9 heteroatoms. The monoisotopic (exact) mass is 360 g/mol. The second-order valence-corrected chi connectivity index (χ2v) is 5.60. The molecule has 0 atom stereocenters. The van der Waals surface area contributed by atoms with Crippen molar-refractivity contribution in [3.63, 3.8) is 0 Å². The van der Waals surface area contributed by atoms with Crippen molar-refractivity contribution in [3.8, 4) is 29.3 Å². The Kier molecular flexibility index (Phi) is 6.30. The number of nitrogens with one attached hydrogen (secondary N) is 3. The van der Waals surface area contributed by atoms with Crippen molar-refractivity contribution in [3.05, 3.63) is 30.8 Å². The summed E-state index contributed by atoms with van der Waals surface area (Å²) in [5.41, 5.74) is 5.59. The van der Waals surface area contributed by atoms with Crippen molar-refractivity contribution in [1.29, 1.82) is 0 Å². The van der Waals surface area contributed by atoms with Crippen LogP contribution in [0.5, 0.6) is 5.75 Å². The number of ether oxygens (including phenoxy) is 1. The van der Waals surface area contributed by atoms with E-state index in [1.807, 2.05) is 0 Å². The lowest BCUT2D eigenvalue weighted by Crippen LogP contribution is -2.51. The third kappa shape index (κ3) is 4.81. The lowest BCUT2D eigenvalue weighted by atomic mass is 10.1. The quantitative estimate of drug-likeness (QED) is 0.506. The maximum Gasteiger partial charge on any atom is 0.242 e. The van der Waals surface area contributed by atoms with Gasteiger partial charge in [0, 0.05) is 13.1 Å². The number of amides is 1. The summed E-state index contributed by atoms with van der Waals surface area (Å²) in [6.45, 7) is 3.30. The number of carbonyl (C=O) groups is 1. The molecule has 1 amide bonds. The van der Waals surface area contributed by atoms with E-state index in [4.69, 9.17) is 18.8 Å². The Labute approximate surface area is 150 Å². The van der Waals surface area contributed by atoms with Crippen LogP contribution < -0.4 is 21.0 Å². The van der Waals surface area contributed by atoms with Crippen molar-refractivity contribution < 1.29 is 23.6 Å². The molecule has 0 fully saturated rings. The predicted molar refractivity (Wildman–Crippen MR) is 93.3 cm³/mol. The Balaban J connectivity index is 1.88. The minimum atomic E-state index is -0.930. The van der Waals surface area contributed by atoms with Gasteiger partial charge in [0.25, 0.3) is 0 Å². The molecular weight excluding hydrogens is 340 g/mol. The molecule has 0 saturated heterocycles. The Morgan fingerprint density at radius 2 is 2.04 bits per heavy atom. The highest BCUT2D eigenvalue weighted by molar-refractivity contribution is 5.84. The smallest absolute Gasteiger partial charge is 0.242 e. The van der Waals surface area contributed by atoms with Crippen LogP contribution in [0.4, 0.5) is 5.69 Å². The molecule has 1 aromatic heterocycles. The number of carbonyl (C=O) groups excluding carboxylic acids is 1. The maximum atomic E-state index is 11.5. The van der Waals surface area contributed by atoms with E-state index < -0.39 is 5.54 Å². The zero-order valence-corrected chi connectivity index (χ0v) is 14.9. The van der Waals surface area contributed by atoms with Crippen LogP contribution in [-0.4, -0.2) is 30.6 Å². The minimum absolute atomic E-state index is 0.239. The van der Waals surface area contributed by atoms with Crippen LogP contribution in [0.3, 0.4) is 0 Å². The van der Waals surface area contributed by atoms with Gasteiger partial charge in [-0.1, -0.05) is 0 Å². The number of nitrogens with zero attached hydrogens (tertiary/aromatic N) is 1. The molecule has 0 saturated carbocycles. The molecular formula is C17H20N4O5. The Hall–Kier alpha value is -3.38. The number of methoxy groups -OCH3 is 1. The van der Waals surface area contributed by atoms with Crippen molar-refractivity contribution >= 4 is 11.6 Å². The SMILES string of the molecule is CNC(=O)C(C)(C)NOC#CONc1ccc(-c2cnco2)c(OC)c1. The van der Waals surface area contributed by atoms with E-state index in [1.54, 1.807) is 45.4 Å². The summed E-state index contributed by atoms with van der Waals surface area (Å²) in [5, 5.41) is 2.51. The topological polar surface area (TPSA) is 107 Å². The van der Waals surface area contributed by atoms with Gasteiger partial charge in [-0.25, -0.2) is 10.5 Å². The van der Waals surface area contributed by atoms with Crippen LogP contribution in [0, 0.1) is 12.2 Å². The fraction of sp³-hybridized carbons (Fsp3) is 0.294.